The van der Waals surface area contributed by atoms with Crippen LogP contribution in [0.2, 0.25) is 5.02 Å². The number of anilines is 1. The van der Waals surface area contributed by atoms with Gasteiger partial charge in [0.25, 0.3) is 0 Å². The maximum absolute atomic E-state index is 5.98. The first-order chi connectivity index (χ1) is 17.4. The summed E-state index contributed by atoms with van der Waals surface area (Å²) in [5, 5.41) is 8.08. The van der Waals surface area contributed by atoms with E-state index in [1.165, 1.54) is 0 Å². The number of benzene rings is 1. The molecule has 0 saturated carbocycles. The number of rotatable bonds is 13. The number of halogens is 2. The van der Waals surface area contributed by atoms with Gasteiger partial charge in [0.15, 0.2) is 0 Å². The van der Waals surface area contributed by atoms with Gasteiger partial charge in [-0.05, 0) is 81.5 Å². The molecule has 0 bridgehead atoms. The van der Waals surface area contributed by atoms with Crippen LogP contribution in [0.3, 0.4) is 0 Å². The van der Waals surface area contributed by atoms with E-state index in [0.29, 0.717) is 24.1 Å². The molecule has 10 heteroatoms. The zero-order valence-corrected chi connectivity index (χ0v) is 22.4. The smallest absolute Gasteiger partial charge is 0.216 e. The van der Waals surface area contributed by atoms with Gasteiger partial charge in [0.1, 0.15) is 5.84 Å². The van der Waals surface area contributed by atoms with Crippen LogP contribution in [0.15, 0.2) is 80.7 Å². The Balaban J connectivity index is 1.67. The SMILES string of the molecule is CC(=NC(N)=NCCCCCC/C=C(/C=C(\CN)Nc1ccc(Cl)cc1)NN)NC1=CC=C(Cl)CC1. The summed E-state index contributed by atoms with van der Waals surface area (Å²) in [6.45, 7) is 2.89. The van der Waals surface area contributed by atoms with Crippen molar-refractivity contribution in [1.29, 1.82) is 0 Å². The number of guanidine groups is 1. The van der Waals surface area contributed by atoms with E-state index in [4.69, 9.17) is 40.5 Å². The molecule has 0 radical (unpaired) electrons. The summed E-state index contributed by atoms with van der Waals surface area (Å²) in [6.07, 6.45) is 14.6. The van der Waals surface area contributed by atoms with Gasteiger partial charge in [0.2, 0.25) is 5.96 Å². The van der Waals surface area contributed by atoms with Crippen LogP contribution in [0.25, 0.3) is 0 Å². The van der Waals surface area contributed by atoms with E-state index in [2.05, 4.69) is 32.1 Å². The molecule has 1 aliphatic rings. The number of nitrogens with two attached hydrogens (primary N) is 3. The third-order valence-electron chi connectivity index (χ3n) is 5.34. The standard InChI is InChI=1S/C26H38Cl2N8/c1-19(33-22-12-8-20(27)9-13-22)34-26(30)32-16-6-4-2-3-5-7-24(36-31)17-25(18-29)35-23-14-10-21(28)11-15-23/h7-8,10-12,14-15,17,35-36H,2-6,9,13,16,18,29,31H2,1H3,(H3,30,32,33,34)/b24-7-,25-17+. The van der Waals surface area contributed by atoms with E-state index < -0.39 is 0 Å². The first-order valence-electron chi connectivity index (χ1n) is 12.2. The fourth-order valence-electron chi connectivity index (χ4n) is 3.46. The highest BCUT2D eigenvalue weighted by Gasteiger charge is 2.05. The highest BCUT2D eigenvalue weighted by atomic mass is 35.5. The first kappa shape index (κ1) is 29.5. The second kappa shape index (κ2) is 16.8. The van der Waals surface area contributed by atoms with Gasteiger partial charge in [-0.2, -0.15) is 0 Å². The normalized spacial score (nSPS) is 15.4. The zero-order valence-electron chi connectivity index (χ0n) is 20.9. The molecule has 2 rings (SSSR count). The molecule has 0 saturated heterocycles. The van der Waals surface area contributed by atoms with E-state index in [1.54, 1.807) is 0 Å². The lowest BCUT2D eigenvalue weighted by Gasteiger charge is -2.13. The fraction of sp³-hybridized carbons (Fsp3) is 0.385. The third kappa shape index (κ3) is 12.3. The summed E-state index contributed by atoms with van der Waals surface area (Å²) < 4.78 is 0. The molecule has 196 valence electrons. The van der Waals surface area contributed by atoms with Gasteiger partial charge in [0.05, 0.1) is 0 Å². The largest absolute Gasteiger partial charge is 0.368 e. The average Bonchev–Trinajstić information content (AvgIpc) is 2.86. The Morgan fingerprint density at radius 1 is 1.03 bits per heavy atom. The molecule has 9 N–H and O–H groups in total. The number of allylic oxidation sites excluding steroid dienone is 6. The van der Waals surface area contributed by atoms with E-state index in [1.807, 2.05) is 49.4 Å². The molecule has 0 aromatic heterocycles. The molecule has 0 amide bonds. The maximum Gasteiger partial charge on any atom is 0.216 e. The van der Waals surface area contributed by atoms with Crippen LogP contribution in [0.5, 0.6) is 0 Å². The summed E-state index contributed by atoms with van der Waals surface area (Å²) in [7, 11) is 0. The predicted octanol–water partition coefficient (Wildman–Crippen LogP) is 5.02. The van der Waals surface area contributed by atoms with Crippen molar-refractivity contribution in [2.45, 2.75) is 51.9 Å². The molecule has 36 heavy (non-hydrogen) atoms. The minimum atomic E-state index is 0.293. The summed E-state index contributed by atoms with van der Waals surface area (Å²) >= 11 is 11.9. The second-order valence-electron chi connectivity index (χ2n) is 8.38. The fourth-order valence-corrected chi connectivity index (χ4v) is 3.74. The van der Waals surface area contributed by atoms with Gasteiger partial charge in [-0.3, -0.25) is 10.8 Å². The van der Waals surface area contributed by atoms with Gasteiger partial charge in [-0.1, -0.05) is 42.1 Å². The van der Waals surface area contributed by atoms with Gasteiger partial charge < -0.3 is 27.5 Å². The number of hydrogen-bond acceptors (Lipinski definition) is 5. The van der Waals surface area contributed by atoms with E-state index in [0.717, 1.165) is 78.6 Å². The van der Waals surface area contributed by atoms with Crippen molar-refractivity contribution in [2.75, 3.05) is 18.4 Å². The van der Waals surface area contributed by atoms with Crippen LogP contribution < -0.4 is 33.4 Å². The molecule has 0 aliphatic heterocycles. The molecule has 0 spiro atoms. The Labute approximate surface area is 224 Å². The first-order valence-corrected chi connectivity index (χ1v) is 12.9. The number of nitrogens with zero attached hydrogens (tertiary/aromatic N) is 2. The average molecular weight is 534 g/mol. The Morgan fingerprint density at radius 2 is 1.78 bits per heavy atom. The Kier molecular flexibility index (Phi) is 13.8. The molecular weight excluding hydrogens is 495 g/mol. The van der Waals surface area contributed by atoms with Gasteiger partial charge in [0, 0.05) is 45.9 Å². The van der Waals surface area contributed by atoms with Crippen molar-refractivity contribution >= 4 is 40.7 Å². The van der Waals surface area contributed by atoms with Crippen LogP contribution in [-0.4, -0.2) is 24.9 Å². The van der Waals surface area contributed by atoms with Crippen LogP contribution in [0.1, 0.15) is 51.9 Å². The Bertz CT molecular complexity index is 1010. The molecular formula is C26H38Cl2N8. The predicted molar refractivity (Wildman–Crippen MR) is 155 cm³/mol. The van der Waals surface area contributed by atoms with Crippen molar-refractivity contribution in [1.82, 2.24) is 10.7 Å². The van der Waals surface area contributed by atoms with E-state index >= 15 is 0 Å². The number of amidine groups is 1. The Morgan fingerprint density at radius 3 is 2.44 bits per heavy atom. The number of unbranched alkanes of at least 4 members (excludes halogenated alkanes) is 4. The third-order valence-corrected chi connectivity index (χ3v) is 5.90. The minimum absolute atomic E-state index is 0.293. The highest BCUT2D eigenvalue weighted by molar-refractivity contribution is 6.30. The van der Waals surface area contributed by atoms with Crippen molar-refractivity contribution in [3.8, 4) is 0 Å². The lowest BCUT2D eigenvalue weighted by molar-refractivity contribution is 0.651. The van der Waals surface area contributed by atoms with Crippen molar-refractivity contribution < 1.29 is 0 Å². The van der Waals surface area contributed by atoms with Crippen molar-refractivity contribution in [2.24, 2.45) is 27.3 Å². The van der Waals surface area contributed by atoms with E-state index in [-0.39, 0.29) is 0 Å². The zero-order chi connectivity index (χ0) is 26.2. The summed E-state index contributed by atoms with van der Waals surface area (Å²) in [5.74, 6) is 6.70. The van der Waals surface area contributed by atoms with Crippen LogP contribution in [-0.2, 0) is 0 Å². The Hall–Kier alpha value is -2.78. The number of nitrogens with one attached hydrogen (secondary N) is 3. The molecule has 1 aromatic rings. The lowest BCUT2D eigenvalue weighted by atomic mass is 10.1. The second-order valence-corrected chi connectivity index (χ2v) is 9.30. The van der Waals surface area contributed by atoms with Crippen LogP contribution in [0, 0.1) is 0 Å². The van der Waals surface area contributed by atoms with Gasteiger partial charge in [-0.15, -0.1) is 0 Å². The van der Waals surface area contributed by atoms with Crippen LogP contribution >= 0.6 is 23.2 Å². The minimum Gasteiger partial charge on any atom is -0.368 e. The summed E-state index contributed by atoms with van der Waals surface area (Å²) in [5.41, 5.74) is 18.2. The van der Waals surface area contributed by atoms with Gasteiger partial charge in [-0.25, -0.2) is 4.99 Å². The summed E-state index contributed by atoms with van der Waals surface area (Å²) in [4.78, 5) is 8.67. The lowest BCUT2D eigenvalue weighted by Crippen LogP contribution is -2.23. The van der Waals surface area contributed by atoms with Crippen molar-refractivity contribution in [3.05, 3.63) is 75.7 Å². The van der Waals surface area contributed by atoms with Crippen LogP contribution in [0.4, 0.5) is 5.69 Å². The number of hydrogen-bond donors (Lipinski definition) is 6. The molecule has 8 nitrogen and oxygen atoms in total. The van der Waals surface area contributed by atoms with E-state index in [9.17, 15) is 0 Å². The quantitative estimate of drug-likeness (QED) is 0.0526. The number of hydrazine groups is 1. The van der Waals surface area contributed by atoms with Gasteiger partial charge >= 0.3 is 0 Å². The molecule has 1 aromatic carbocycles. The van der Waals surface area contributed by atoms with Crippen molar-refractivity contribution in [3.63, 3.8) is 0 Å². The molecule has 1 aliphatic carbocycles. The monoisotopic (exact) mass is 532 g/mol. The molecule has 0 heterocycles. The molecule has 0 atom stereocenters. The molecule has 0 unspecified atom stereocenters. The topological polar surface area (TPSA) is 139 Å². The molecule has 0 fully saturated rings. The number of aliphatic imine (C=N–C) groups is 2. The summed E-state index contributed by atoms with van der Waals surface area (Å²) in [6, 6.07) is 7.45. The highest BCUT2D eigenvalue weighted by Crippen LogP contribution is 2.19. The maximum atomic E-state index is 5.98.